The Labute approximate surface area is 187 Å². The molecule has 1 N–H and O–H groups in total. The molecule has 2 saturated carbocycles. The molecule has 1 heterocycles. The van der Waals surface area contributed by atoms with Crippen LogP contribution in [-0.4, -0.2) is 41.7 Å². The molecule has 5 aliphatic rings. The van der Waals surface area contributed by atoms with Gasteiger partial charge in [-0.3, -0.25) is 19.3 Å². The number of allylic oxidation sites excluding steroid dienone is 2. The Balaban J connectivity index is 1.14. The van der Waals surface area contributed by atoms with Crippen molar-refractivity contribution in [1.82, 2.24) is 4.90 Å². The summed E-state index contributed by atoms with van der Waals surface area (Å²) in [7, 11) is 0. The molecule has 1 aliphatic heterocycles. The lowest BCUT2D eigenvalue weighted by atomic mass is 9.63. The average Bonchev–Trinajstić information content (AvgIpc) is 3.57. The molecule has 7 heteroatoms. The van der Waals surface area contributed by atoms with Crippen LogP contribution in [0.25, 0.3) is 0 Å². The smallest absolute Gasteiger partial charge is 0.338 e. The Hall–Kier alpha value is -2.96. The molecular weight excluding hydrogens is 408 g/mol. The summed E-state index contributed by atoms with van der Waals surface area (Å²) in [6.45, 7) is 2.52. The zero-order valence-corrected chi connectivity index (χ0v) is 18.2. The van der Waals surface area contributed by atoms with Crippen LogP contribution in [0.4, 0.5) is 5.69 Å². The topological polar surface area (TPSA) is 92.8 Å². The van der Waals surface area contributed by atoms with Crippen LogP contribution in [0, 0.1) is 35.5 Å². The van der Waals surface area contributed by atoms with E-state index in [2.05, 4.69) is 17.5 Å². The standard InChI is InChI=1S/C25H28N2O5/c1-2-3-12-32-25(31)14-4-6-15(7-5-14)26-20(28)10-11-27-23(29)21-16-8-9-17(19-13-18(16)19)22(21)24(27)30/h4-9,16-19,21-22H,2-3,10-13H2,1H3,(H,26,28)/t16-,17+,18-,19-,21+,22-/m1/s1. The Kier molecular flexibility index (Phi) is 5.35. The molecule has 4 aliphatic carbocycles. The largest absolute Gasteiger partial charge is 0.462 e. The van der Waals surface area contributed by atoms with Crippen LogP contribution in [0.1, 0.15) is 43.0 Å². The van der Waals surface area contributed by atoms with E-state index >= 15 is 0 Å². The molecule has 2 bridgehead atoms. The van der Waals surface area contributed by atoms with Crippen molar-refractivity contribution < 1.29 is 23.9 Å². The van der Waals surface area contributed by atoms with Crippen molar-refractivity contribution in [1.29, 1.82) is 0 Å². The normalized spacial score (nSPS) is 31.3. The monoisotopic (exact) mass is 436 g/mol. The molecule has 6 atom stereocenters. The molecule has 1 saturated heterocycles. The van der Waals surface area contributed by atoms with Crippen LogP contribution in [0.2, 0.25) is 0 Å². The molecule has 0 radical (unpaired) electrons. The molecule has 0 spiro atoms. The first-order valence-corrected chi connectivity index (χ1v) is 11.6. The summed E-state index contributed by atoms with van der Waals surface area (Å²) >= 11 is 0. The Morgan fingerprint density at radius 1 is 1.03 bits per heavy atom. The molecule has 168 valence electrons. The van der Waals surface area contributed by atoms with Crippen molar-refractivity contribution >= 4 is 29.4 Å². The second kappa shape index (κ2) is 8.19. The van der Waals surface area contributed by atoms with Gasteiger partial charge in [0.1, 0.15) is 0 Å². The lowest BCUT2D eigenvalue weighted by molar-refractivity contribution is -0.140. The third-order valence-corrected chi connectivity index (χ3v) is 7.45. The van der Waals surface area contributed by atoms with E-state index in [0.29, 0.717) is 29.7 Å². The Morgan fingerprint density at radius 3 is 2.25 bits per heavy atom. The molecule has 3 fully saturated rings. The maximum atomic E-state index is 13.0. The van der Waals surface area contributed by atoms with Gasteiger partial charge in [0.25, 0.3) is 0 Å². The van der Waals surface area contributed by atoms with Gasteiger partial charge in [-0.05, 0) is 60.8 Å². The highest BCUT2D eigenvalue weighted by atomic mass is 16.5. The summed E-state index contributed by atoms with van der Waals surface area (Å²) in [5.41, 5.74) is 0.978. The van der Waals surface area contributed by atoms with E-state index in [1.807, 2.05) is 6.92 Å². The number of carbonyl (C=O) groups is 4. The summed E-state index contributed by atoms with van der Waals surface area (Å²) in [6.07, 6.45) is 7.24. The maximum absolute atomic E-state index is 13.0. The van der Waals surface area contributed by atoms with Crippen molar-refractivity contribution in [2.24, 2.45) is 35.5 Å². The summed E-state index contributed by atoms with van der Waals surface area (Å²) < 4.78 is 5.17. The maximum Gasteiger partial charge on any atom is 0.338 e. The number of anilines is 1. The Morgan fingerprint density at radius 2 is 1.66 bits per heavy atom. The highest BCUT2D eigenvalue weighted by Gasteiger charge is 2.66. The van der Waals surface area contributed by atoms with E-state index in [4.69, 9.17) is 4.74 Å². The summed E-state index contributed by atoms with van der Waals surface area (Å²) in [5.74, 6) is 0.189. The molecule has 1 aromatic rings. The highest BCUT2D eigenvalue weighted by Crippen LogP contribution is 2.65. The van der Waals surface area contributed by atoms with Gasteiger partial charge in [-0.15, -0.1) is 0 Å². The van der Waals surface area contributed by atoms with Gasteiger partial charge in [-0.2, -0.15) is 0 Å². The van der Waals surface area contributed by atoms with Gasteiger partial charge in [0.2, 0.25) is 17.7 Å². The van der Waals surface area contributed by atoms with E-state index in [9.17, 15) is 19.2 Å². The SMILES string of the molecule is CCCCOC(=O)c1ccc(NC(=O)CCN2C(=O)[C@@H]3[C@H]4C=C[C@H]([C@H]5C[C@H]45)[C@@H]3C2=O)cc1. The van der Waals surface area contributed by atoms with Crippen LogP contribution in [0.5, 0.6) is 0 Å². The molecular formula is C25H28N2O5. The van der Waals surface area contributed by atoms with E-state index in [0.717, 1.165) is 19.3 Å². The first-order valence-electron chi connectivity index (χ1n) is 11.6. The van der Waals surface area contributed by atoms with Crippen molar-refractivity contribution in [2.45, 2.75) is 32.6 Å². The van der Waals surface area contributed by atoms with Crippen molar-refractivity contribution in [3.63, 3.8) is 0 Å². The second-order valence-electron chi connectivity index (χ2n) is 9.35. The van der Waals surface area contributed by atoms with Crippen LogP contribution in [0.3, 0.4) is 0 Å². The number of ether oxygens (including phenoxy) is 1. The third kappa shape index (κ3) is 3.53. The number of imide groups is 1. The summed E-state index contributed by atoms with van der Waals surface area (Å²) in [4.78, 5) is 51.6. The fourth-order valence-electron chi connectivity index (χ4n) is 5.76. The zero-order chi connectivity index (χ0) is 22.4. The van der Waals surface area contributed by atoms with Crippen LogP contribution >= 0.6 is 0 Å². The van der Waals surface area contributed by atoms with Crippen LogP contribution < -0.4 is 5.32 Å². The molecule has 3 amide bonds. The number of hydrogen-bond donors (Lipinski definition) is 1. The number of carbonyl (C=O) groups excluding carboxylic acids is 4. The van der Waals surface area contributed by atoms with Gasteiger partial charge >= 0.3 is 5.97 Å². The van der Waals surface area contributed by atoms with Crippen LogP contribution in [-0.2, 0) is 19.1 Å². The zero-order valence-electron chi connectivity index (χ0n) is 18.2. The van der Waals surface area contributed by atoms with Crippen molar-refractivity contribution in [2.75, 3.05) is 18.5 Å². The number of hydrogen-bond acceptors (Lipinski definition) is 5. The lowest BCUT2D eigenvalue weighted by Crippen LogP contribution is -2.40. The predicted octanol–water partition coefficient (Wildman–Crippen LogP) is 3.03. The van der Waals surface area contributed by atoms with E-state index in [-0.39, 0.29) is 60.3 Å². The van der Waals surface area contributed by atoms with Gasteiger partial charge in [0.15, 0.2) is 0 Å². The third-order valence-electron chi connectivity index (χ3n) is 7.45. The predicted molar refractivity (Wildman–Crippen MR) is 116 cm³/mol. The van der Waals surface area contributed by atoms with E-state index in [1.54, 1.807) is 24.3 Å². The number of nitrogens with one attached hydrogen (secondary N) is 1. The van der Waals surface area contributed by atoms with Crippen molar-refractivity contribution in [3.05, 3.63) is 42.0 Å². The molecule has 0 unspecified atom stereocenters. The number of unbranched alkanes of at least 4 members (excludes halogenated alkanes) is 1. The second-order valence-corrected chi connectivity index (χ2v) is 9.35. The first kappa shape index (κ1) is 20.9. The van der Waals surface area contributed by atoms with Crippen molar-refractivity contribution in [3.8, 4) is 0 Å². The molecule has 1 aromatic carbocycles. The van der Waals surface area contributed by atoms with Gasteiger partial charge in [0, 0.05) is 18.7 Å². The highest BCUT2D eigenvalue weighted by molar-refractivity contribution is 6.06. The number of benzene rings is 1. The molecule has 0 aromatic heterocycles. The number of likely N-dealkylation sites (tertiary alicyclic amines) is 1. The number of amides is 3. The minimum Gasteiger partial charge on any atom is -0.462 e. The minimum atomic E-state index is -0.384. The lowest BCUT2D eigenvalue weighted by Gasteiger charge is -2.37. The summed E-state index contributed by atoms with van der Waals surface area (Å²) in [6, 6.07) is 6.50. The average molecular weight is 437 g/mol. The van der Waals surface area contributed by atoms with Gasteiger partial charge < -0.3 is 10.1 Å². The number of rotatable bonds is 8. The summed E-state index contributed by atoms with van der Waals surface area (Å²) in [5, 5.41) is 2.77. The number of nitrogens with zero attached hydrogens (tertiary/aromatic N) is 1. The van der Waals surface area contributed by atoms with Gasteiger partial charge in [-0.1, -0.05) is 25.5 Å². The van der Waals surface area contributed by atoms with E-state index in [1.165, 1.54) is 4.90 Å². The Bertz CT molecular complexity index is 949. The van der Waals surface area contributed by atoms with E-state index < -0.39 is 0 Å². The molecule has 32 heavy (non-hydrogen) atoms. The van der Waals surface area contributed by atoms with Crippen LogP contribution in [0.15, 0.2) is 36.4 Å². The minimum absolute atomic E-state index is 0.0490. The fourth-order valence-corrected chi connectivity index (χ4v) is 5.76. The number of esters is 1. The molecule has 6 rings (SSSR count). The quantitative estimate of drug-likeness (QED) is 0.293. The molecule has 7 nitrogen and oxygen atoms in total. The fraction of sp³-hybridized carbons (Fsp3) is 0.520. The van der Waals surface area contributed by atoms with Gasteiger partial charge in [-0.25, -0.2) is 4.79 Å². The van der Waals surface area contributed by atoms with Gasteiger partial charge in [0.05, 0.1) is 24.0 Å². The first-order chi connectivity index (χ1) is 15.5.